The molecule has 0 bridgehead atoms. The summed E-state index contributed by atoms with van der Waals surface area (Å²) in [6.45, 7) is 5.08. The van der Waals surface area contributed by atoms with Crippen molar-refractivity contribution in [3.05, 3.63) is 97.2 Å². The first-order valence-corrected chi connectivity index (χ1v) is 20.8. The van der Waals surface area contributed by atoms with Gasteiger partial charge >= 0.3 is 5.97 Å². The number of ether oxygens (including phenoxy) is 2. The summed E-state index contributed by atoms with van der Waals surface area (Å²) >= 11 is 0. The zero-order valence-electron chi connectivity index (χ0n) is 33.1. The van der Waals surface area contributed by atoms with Gasteiger partial charge in [0, 0.05) is 6.61 Å². The van der Waals surface area contributed by atoms with Gasteiger partial charge in [0.2, 0.25) is 0 Å². The third-order valence-electron chi connectivity index (χ3n) is 8.43. The third kappa shape index (κ3) is 41.6. The maximum atomic E-state index is 12.1. The van der Waals surface area contributed by atoms with Gasteiger partial charge in [0.1, 0.15) is 6.10 Å². The van der Waals surface area contributed by atoms with Gasteiger partial charge in [-0.1, -0.05) is 182 Å². The molecule has 1 atom stereocenters. The molecule has 0 aliphatic rings. The van der Waals surface area contributed by atoms with Gasteiger partial charge in [-0.3, -0.25) is 4.79 Å². The Morgan fingerprint density at radius 3 is 1.33 bits per heavy atom. The minimum Gasteiger partial charge on any atom is -0.457 e. The van der Waals surface area contributed by atoms with Crippen molar-refractivity contribution in [2.75, 3.05) is 19.8 Å². The number of rotatable bonds is 37. The Bertz CT molecular complexity index is 965. The first-order chi connectivity index (χ1) is 25.2. The molecule has 0 aromatic rings. The fourth-order valence-electron chi connectivity index (χ4n) is 5.35. The molecule has 1 unspecified atom stereocenters. The molecule has 0 rings (SSSR count). The van der Waals surface area contributed by atoms with Crippen LogP contribution in [0.15, 0.2) is 97.2 Å². The highest BCUT2D eigenvalue weighted by Gasteiger charge is 2.12. The number of aliphatic hydroxyl groups excluding tert-OH is 1. The molecule has 51 heavy (non-hydrogen) atoms. The minimum atomic E-state index is -0.598. The highest BCUT2D eigenvalue weighted by Crippen LogP contribution is 2.11. The van der Waals surface area contributed by atoms with Gasteiger partial charge in [0.05, 0.1) is 19.6 Å². The first kappa shape index (κ1) is 48.3. The fraction of sp³-hybridized carbons (Fsp3) is 0.638. The molecule has 1 N–H and O–H groups in total. The van der Waals surface area contributed by atoms with Crippen LogP contribution in [0.1, 0.15) is 168 Å². The van der Waals surface area contributed by atoms with Gasteiger partial charge in [0.15, 0.2) is 0 Å². The van der Waals surface area contributed by atoms with Crippen molar-refractivity contribution in [2.45, 2.75) is 174 Å². The Balaban J connectivity index is 3.57. The monoisotopic (exact) mass is 707 g/mol. The van der Waals surface area contributed by atoms with Crippen LogP contribution in [-0.2, 0) is 14.3 Å². The number of carbonyl (C=O) groups excluding carboxylic acids is 1. The van der Waals surface area contributed by atoms with Crippen molar-refractivity contribution in [3.63, 3.8) is 0 Å². The third-order valence-corrected chi connectivity index (χ3v) is 8.43. The standard InChI is InChI=1S/C47H78O4/c1-3-5-7-9-11-13-15-17-19-20-21-22-23-24-25-26-27-29-31-33-35-37-39-41-43-50-45-46(44-48)51-47(49)42-40-38-36-34-32-30-28-18-16-14-12-10-8-6-4-2/h6,8,12,14-15,17-18,20-21,23-24,28,32,34,38,40,46,48H,3-5,7,9-11,13,16,19,22,25-27,29-31,33,35-37,39,41-45H2,1-2H3/b8-6-,14-12-,17-15-,21-20-,24-23-,28-18-,34-32-,40-38-. The Morgan fingerprint density at radius 1 is 0.490 bits per heavy atom. The van der Waals surface area contributed by atoms with Crippen molar-refractivity contribution >= 4 is 5.97 Å². The zero-order chi connectivity index (χ0) is 37.0. The number of aliphatic hydroxyl groups is 1. The van der Waals surface area contributed by atoms with Crippen LogP contribution in [0.25, 0.3) is 0 Å². The highest BCUT2D eigenvalue weighted by molar-refractivity contribution is 5.71. The van der Waals surface area contributed by atoms with E-state index in [2.05, 4.69) is 98.9 Å². The van der Waals surface area contributed by atoms with E-state index in [1.165, 1.54) is 89.9 Å². The summed E-state index contributed by atoms with van der Waals surface area (Å²) in [5.74, 6) is -0.333. The quantitative estimate of drug-likeness (QED) is 0.0397. The summed E-state index contributed by atoms with van der Waals surface area (Å²) in [5, 5.41) is 9.57. The minimum absolute atomic E-state index is 0.205. The van der Waals surface area contributed by atoms with Gasteiger partial charge in [0.25, 0.3) is 0 Å². The Kier molecular flexibility index (Phi) is 41.2. The summed E-state index contributed by atoms with van der Waals surface area (Å²) in [6, 6.07) is 0. The van der Waals surface area contributed by atoms with E-state index < -0.39 is 6.10 Å². The van der Waals surface area contributed by atoms with Gasteiger partial charge in [-0.05, 0) is 77.0 Å². The maximum Gasteiger partial charge on any atom is 0.310 e. The van der Waals surface area contributed by atoms with Gasteiger partial charge in [-0.2, -0.15) is 0 Å². The van der Waals surface area contributed by atoms with Crippen LogP contribution in [-0.4, -0.2) is 37.0 Å². The van der Waals surface area contributed by atoms with E-state index in [1.54, 1.807) is 0 Å². The summed E-state index contributed by atoms with van der Waals surface area (Å²) in [5.41, 5.74) is 0. The molecule has 0 aliphatic heterocycles. The van der Waals surface area contributed by atoms with Crippen LogP contribution in [0.4, 0.5) is 0 Å². The van der Waals surface area contributed by atoms with E-state index in [0.29, 0.717) is 6.61 Å². The molecule has 0 heterocycles. The lowest BCUT2D eigenvalue weighted by Crippen LogP contribution is -2.27. The largest absolute Gasteiger partial charge is 0.457 e. The first-order valence-electron chi connectivity index (χ1n) is 20.8. The maximum absolute atomic E-state index is 12.1. The predicted molar refractivity (Wildman–Crippen MR) is 223 cm³/mol. The summed E-state index contributed by atoms with van der Waals surface area (Å²) in [6.07, 6.45) is 62.0. The molecule has 0 aliphatic carbocycles. The van der Waals surface area contributed by atoms with E-state index in [-0.39, 0.29) is 25.6 Å². The molecule has 0 aromatic carbocycles. The number of carbonyl (C=O) groups is 1. The molecular formula is C47H78O4. The van der Waals surface area contributed by atoms with Crippen molar-refractivity contribution < 1.29 is 19.4 Å². The van der Waals surface area contributed by atoms with E-state index in [0.717, 1.165) is 57.8 Å². The fourth-order valence-corrected chi connectivity index (χ4v) is 5.35. The van der Waals surface area contributed by atoms with Crippen LogP contribution in [0.5, 0.6) is 0 Å². The Labute approximate surface area is 315 Å². The van der Waals surface area contributed by atoms with E-state index in [4.69, 9.17) is 9.47 Å². The summed E-state index contributed by atoms with van der Waals surface area (Å²) in [4.78, 5) is 12.1. The molecule has 0 amide bonds. The molecule has 290 valence electrons. The Morgan fingerprint density at radius 2 is 0.882 bits per heavy atom. The number of allylic oxidation sites excluding steroid dienone is 15. The van der Waals surface area contributed by atoms with Crippen molar-refractivity contribution in [1.29, 1.82) is 0 Å². The molecule has 0 fully saturated rings. The molecule has 4 heteroatoms. The second kappa shape index (κ2) is 43.5. The van der Waals surface area contributed by atoms with Crippen molar-refractivity contribution in [2.24, 2.45) is 0 Å². The van der Waals surface area contributed by atoms with Crippen LogP contribution in [0.2, 0.25) is 0 Å². The number of hydrogen-bond acceptors (Lipinski definition) is 4. The second-order valence-corrected chi connectivity index (χ2v) is 13.3. The lowest BCUT2D eigenvalue weighted by molar-refractivity contribution is -0.153. The molecule has 0 saturated carbocycles. The molecule has 0 spiro atoms. The van der Waals surface area contributed by atoms with Crippen LogP contribution in [0.3, 0.4) is 0 Å². The van der Waals surface area contributed by atoms with Crippen LogP contribution in [0, 0.1) is 0 Å². The summed E-state index contributed by atoms with van der Waals surface area (Å²) in [7, 11) is 0. The van der Waals surface area contributed by atoms with Crippen molar-refractivity contribution in [3.8, 4) is 0 Å². The smallest absolute Gasteiger partial charge is 0.310 e. The average molecular weight is 707 g/mol. The summed E-state index contributed by atoms with van der Waals surface area (Å²) < 4.78 is 11.0. The predicted octanol–water partition coefficient (Wildman–Crippen LogP) is 13.8. The lowest BCUT2D eigenvalue weighted by atomic mass is 10.1. The van der Waals surface area contributed by atoms with Gasteiger partial charge in [-0.25, -0.2) is 0 Å². The molecule has 4 nitrogen and oxygen atoms in total. The topological polar surface area (TPSA) is 55.8 Å². The zero-order valence-corrected chi connectivity index (χ0v) is 33.1. The lowest BCUT2D eigenvalue weighted by Gasteiger charge is -2.15. The van der Waals surface area contributed by atoms with Crippen molar-refractivity contribution in [1.82, 2.24) is 0 Å². The van der Waals surface area contributed by atoms with Gasteiger partial charge in [-0.15, -0.1) is 0 Å². The second-order valence-electron chi connectivity index (χ2n) is 13.3. The van der Waals surface area contributed by atoms with Crippen LogP contribution >= 0.6 is 0 Å². The number of unbranched alkanes of at least 4 members (excludes halogenated alkanes) is 14. The van der Waals surface area contributed by atoms with Crippen LogP contribution < -0.4 is 0 Å². The molecular weight excluding hydrogens is 629 g/mol. The van der Waals surface area contributed by atoms with E-state index >= 15 is 0 Å². The van der Waals surface area contributed by atoms with E-state index in [9.17, 15) is 9.90 Å². The number of esters is 1. The average Bonchev–Trinajstić information content (AvgIpc) is 3.14. The SMILES string of the molecule is CC/C=C\C/C=C\C/C=C\C/C=C\C/C=C\CC(=O)OC(CO)COCCCCCCCCCCC/C=C\C/C=C\C/C=C\CCCCCCC. The van der Waals surface area contributed by atoms with Gasteiger partial charge < -0.3 is 14.6 Å². The molecule has 0 aromatic heterocycles. The normalized spacial score (nSPS) is 13.4. The Hall–Kier alpha value is -2.69. The molecule has 0 radical (unpaired) electrons. The highest BCUT2D eigenvalue weighted by atomic mass is 16.6. The van der Waals surface area contributed by atoms with E-state index in [1.807, 2.05) is 12.2 Å². The number of hydrogen-bond donors (Lipinski definition) is 1. The molecule has 0 saturated heterocycles.